The molecule has 2 heteroatoms. The van der Waals surface area contributed by atoms with Crippen LogP contribution in [0.3, 0.4) is 0 Å². The lowest BCUT2D eigenvalue weighted by atomic mass is 9.83. The molecule has 0 aromatic heterocycles. The molecule has 0 spiro atoms. The van der Waals surface area contributed by atoms with E-state index in [2.05, 4.69) is 44.3 Å². The number of benzene rings is 1. The van der Waals surface area contributed by atoms with Crippen molar-refractivity contribution in [2.24, 2.45) is 0 Å². The van der Waals surface area contributed by atoms with Gasteiger partial charge in [-0.15, -0.1) is 0 Å². The van der Waals surface area contributed by atoms with E-state index in [0.29, 0.717) is 0 Å². The lowest BCUT2D eigenvalue weighted by molar-refractivity contribution is -0.0884. The van der Waals surface area contributed by atoms with Crippen molar-refractivity contribution in [2.75, 3.05) is 13.7 Å². The largest absolute Gasteiger partial charge is 0.373 e. The third kappa shape index (κ3) is 2.60. The minimum atomic E-state index is -0.0747. The first-order valence-corrected chi connectivity index (χ1v) is 6.95. The van der Waals surface area contributed by atoms with Gasteiger partial charge in [0.15, 0.2) is 0 Å². The van der Waals surface area contributed by atoms with Crippen molar-refractivity contribution in [1.29, 1.82) is 0 Å². The molecular formula is C16H25NO. The monoisotopic (exact) mass is 247 g/mol. The zero-order chi connectivity index (χ0) is 13.2. The maximum absolute atomic E-state index is 6.08. The van der Waals surface area contributed by atoms with Gasteiger partial charge in [-0.3, -0.25) is 0 Å². The molecule has 1 heterocycles. The first kappa shape index (κ1) is 13.6. The third-order valence-electron chi connectivity index (χ3n) is 4.26. The van der Waals surface area contributed by atoms with Gasteiger partial charge in [0.25, 0.3) is 0 Å². The standard InChI is InChI=1S/C16H25NO/c1-12-7-8-14(11-13(12)2)15(17-4)16(3)9-5-6-10-18-16/h7-8,11,15,17H,5-6,9-10H2,1-4H3. The Hall–Kier alpha value is -0.860. The van der Waals surface area contributed by atoms with E-state index < -0.39 is 0 Å². The molecule has 2 atom stereocenters. The van der Waals surface area contributed by atoms with E-state index in [0.717, 1.165) is 13.0 Å². The van der Waals surface area contributed by atoms with E-state index in [1.165, 1.54) is 29.5 Å². The molecule has 0 bridgehead atoms. The predicted octanol–water partition coefficient (Wildman–Crippen LogP) is 3.52. The van der Waals surface area contributed by atoms with E-state index >= 15 is 0 Å². The third-order valence-corrected chi connectivity index (χ3v) is 4.26. The summed E-state index contributed by atoms with van der Waals surface area (Å²) < 4.78 is 6.08. The molecular weight excluding hydrogens is 222 g/mol. The summed E-state index contributed by atoms with van der Waals surface area (Å²) in [5.41, 5.74) is 3.97. The molecule has 2 rings (SSSR count). The summed E-state index contributed by atoms with van der Waals surface area (Å²) in [6.07, 6.45) is 3.59. The Kier molecular flexibility index (Phi) is 4.08. The minimum Gasteiger partial charge on any atom is -0.373 e. The molecule has 0 aliphatic carbocycles. The second-order valence-corrected chi connectivity index (χ2v) is 5.68. The molecule has 1 aliphatic heterocycles. The molecule has 1 aromatic rings. The van der Waals surface area contributed by atoms with Crippen LogP contribution in [0.2, 0.25) is 0 Å². The van der Waals surface area contributed by atoms with Gasteiger partial charge in [0.05, 0.1) is 11.6 Å². The van der Waals surface area contributed by atoms with Crippen LogP contribution in [-0.2, 0) is 4.74 Å². The molecule has 1 fully saturated rings. The smallest absolute Gasteiger partial charge is 0.0848 e. The second kappa shape index (κ2) is 5.41. The second-order valence-electron chi connectivity index (χ2n) is 5.68. The maximum Gasteiger partial charge on any atom is 0.0848 e. The number of hydrogen-bond acceptors (Lipinski definition) is 2. The highest BCUT2D eigenvalue weighted by atomic mass is 16.5. The normalized spacial score (nSPS) is 26.0. The van der Waals surface area contributed by atoms with Gasteiger partial charge in [-0.05, 0) is 63.8 Å². The molecule has 0 radical (unpaired) electrons. The Bertz CT molecular complexity index is 408. The Balaban J connectivity index is 2.29. The first-order chi connectivity index (χ1) is 8.57. The summed E-state index contributed by atoms with van der Waals surface area (Å²) in [7, 11) is 2.03. The van der Waals surface area contributed by atoms with Crippen molar-refractivity contribution < 1.29 is 4.74 Å². The van der Waals surface area contributed by atoms with Crippen molar-refractivity contribution >= 4 is 0 Å². The van der Waals surface area contributed by atoms with Crippen molar-refractivity contribution in [3.05, 3.63) is 34.9 Å². The van der Waals surface area contributed by atoms with E-state index in [4.69, 9.17) is 4.74 Å². The molecule has 1 saturated heterocycles. The van der Waals surface area contributed by atoms with Crippen molar-refractivity contribution in [3.63, 3.8) is 0 Å². The average molecular weight is 247 g/mol. The van der Waals surface area contributed by atoms with Crippen LogP contribution in [0.15, 0.2) is 18.2 Å². The van der Waals surface area contributed by atoms with E-state index in [1.807, 2.05) is 7.05 Å². The number of hydrogen-bond donors (Lipinski definition) is 1. The van der Waals surface area contributed by atoms with Crippen LogP contribution < -0.4 is 5.32 Å². The predicted molar refractivity (Wildman–Crippen MR) is 75.9 cm³/mol. The van der Waals surface area contributed by atoms with Crippen LogP contribution in [-0.4, -0.2) is 19.3 Å². The summed E-state index contributed by atoms with van der Waals surface area (Å²) in [4.78, 5) is 0. The van der Waals surface area contributed by atoms with Crippen LogP contribution >= 0.6 is 0 Å². The van der Waals surface area contributed by atoms with Crippen molar-refractivity contribution in [1.82, 2.24) is 5.32 Å². The molecule has 2 unspecified atom stereocenters. The number of likely N-dealkylation sites (N-methyl/N-ethyl adjacent to an activating group) is 1. The van der Waals surface area contributed by atoms with Gasteiger partial charge in [0.2, 0.25) is 0 Å². The SMILES string of the molecule is CNC(c1ccc(C)c(C)c1)C1(C)CCCCO1. The van der Waals surface area contributed by atoms with Gasteiger partial charge in [0, 0.05) is 6.61 Å². The molecule has 1 aliphatic rings. The lowest BCUT2D eigenvalue weighted by Crippen LogP contribution is -2.44. The molecule has 100 valence electrons. The van der Waals surface area contributed by atoms with Gasteiger partial charge in [-0.1, -0.05) is 18.2 Å². The fraction of sp³-hybridized carbons (Fsp3) is 0.625. The summed E-state index contributed by atoms with van der Waals surface area (Å²) >= 11 is 0. The average Bonchev–Trinajstić information content (AvgIpc) is 2.35. The summed E-state index contributed by atoms with van der Waals surface area (Å²) in [5.74, 6) is 0. The fourth-order valence-corrected chi connectivity index (χ4v) is 2.95. The highest BCUT2D eigenvalue weighted by molar-refractivity contribution is 5.33. The van der Waals surface area contributed by atoms with Gasteiger partial charge in [-0.2, -0.15) is 0 Å². The molecule has 1 N–H and O–H groups in total. The van der Waals surface area contributed by atoms with Crippen LogP contribution in [0.5, 0.6) is 0 Å². The Morgan fingerprint density at radius 3 is 2.56 bits per heavy atom. The van der Waals surface area contributed by atoms with Crippen molar-refractivity contribution in [3.8, 4) is 0 Å². The summed E-state index contributed by atoms with van der Waals surface area (Å²) in [6.45, 7) is 7.46. The quantitative estimate of drug-likeness (QED) is 0.882. The van der Waals surface area contributed by atoms with Gasteiger partial charge in [0.1, 0.15) is 0 Å². The van der Waals surface area contributed by atoms with Crippen LogP contribution in [0.4, 0.5) is 0 Å². The van der Waals surface area contributed by atoms with Crippen LogP contribution in [0.1, 0.15) is 48.9 Å². The maximum atomic E-state index is 6.08. The number of aryl methyl sites for hydroxylation is 2. The molecule has 2 nitrogen and oxygen atoms in total. The number of rotatable bonds is 3. The number of nitrogens with one attached hydrogen (secondary N) is 1. The van der Waals surface area contributed by atoms with Gasteiger partial charge < -0.3 is 10.1 Å². The van der Waals surface area contributed by atoms with E-state index in [-0.39, 0.29) is 11.6 Å². The minimum absolute atomic E-state index is 0.0747. The zero-order valence-electron chi connectivity index (χ0n) is 12.0. The van der Waals surface area contributed by atoms with Crippen LogP contribution in [0, 0.1) is 13.8 Å². The summed E-state index contributed by atoms with van der Waals surface area (Å²) in [5, 5.41) is 3.45. The topological polar surface area (TPSA) is 21.3 Å². The highest BCUT2D eigenvalue weighted by Crippen LogP contribution is 2.36. The first-order valence-electron chi connectivity index (χ1n) is 6.95. The Labute approximate surface area is 111 Å². The van der Waals surface area contributed by atoms with Crippen molar-refractivity contribution in [2.45, 2.75) is 51.7 Å². The highest BCUT2D eigenvalue weighted by Gasteiger charge is 2.36. The van der Waals surface area contributed by atoms with E-state index in [9.17, 15) is 0 Å². The summed E-state index contributed by atoms with van der Waals surface area (Å²) in [6, 6.07) is 7.00. The Morgan fingerprint density at radius 2 is 2.00 bits per heavy atom. The zero-order valence-corrected chi connectivity index (χ0v) is 12.0. The van der Waals surface area contributed by atoms with Gasteiger partial charge in [-0.25, -0.2) is 0 Å². The van der Waals surface area contributed by atoms with E-state index in [1.54, 1.807) is 0 Å². The molecule has 18 heavy (non-hydrogen) atoms. The number of ether oxygens (including phenoxy) is 1. The fourth-order valence-electron chi connectivity index (χ4n) is 2.95. The lowest BCUT2D eigenvalue weighted by Gasteiger charge is -2.41. The molecule has 0 amide bonds. The Morgan fingerprint density at radius 1 is 1.22 bits per heavy atom. The molecule has 1 aromatic carbocycles. The van der Waals surface area contributed by atoms with Gasteiger partial charge >= 0.3 is 0 Å². The molecule has 0 saturated carbocycles. The van der Waals surface area contributed by atoms with Crippen LogP contribution in [0.25, 0.3) is 0 Å².